The Morgan fingerprint density at radius 3 is 2.94 bits per heavy atom. The van der Waals surface area contributed by atoms with Gasteiger partial charge in [-0.15, -0.1) is 0 Å². The largest absolute Gasteiger partial charge is 0.376 e. The van der Waals surface area contributed by atoms with Crippen molar-refractivity contribution in [2.45, 2.75) is 32.3 Å². The van der Waals surface area contributed by atoms with Crippen molar-refractivity contribution in [1.82, 2.24) is 9.97 Å². The molecule has 5 nitrogen and oxygen atoms in total. The van der Waals surface area contributed by atoms with Gasteiger partial charge in [0, 0.05) is 32.0 Å². The quantitative estimate of drug-likeness (QED) is 0.858. The molecule has 0 amide bonds. The molecule has 2 rings (SSSR count). The molecule has 2 heterocycles. The minimum Gasteiger partial charge on any atom is -0.376 e. The molecule has 94 valence electrons. The standard InChI is InChI=1S/C12H20N4O/c1-9-7-11(15-12(13)14-9)16(2)8-10-5-3-4-6-17-10/h7,10H,3-6,8H2,1-2H3,(H2,13,14,15). The zero-order valence-electron chi connectivity index (χ0n) is 10.5. The predicted molar refractivity (Wildman–Crippen MR) is 68.0 cm³/mol. The summed E-state index contributed by atoms with van der Waals surface area (Å²) in [5, 5.41) is 0. The van der Waals surface area contributed by atoms with Gasteiger partial charge in [-0.2, -0.15) is 4.98 Å². The summed E-state index contributed by atoms with van der Waals surface area (Å²) in [5.41, 5.74) is 6.54. The Bertz CT molecular complexity index is 357. The van der Waals surface area contributed by atoms with Crippen molar-refractivity contribution in [3.8, 4) is 0 Å². The van der Waals surface area contributed by atoms with E-state index >= 15 is 0 Å². The third kappa shape index (κ3) is 3.30. The average Bonchev–Trinajstić information content (AvgIpc) is 2.29. The van der Waals surface area contributed by atoms with Crippen molar-refractivity contribution in [3.05, 3.63) is 11.8 Å². The molecule has 1 aliphatic rings. The van der Waals surface area contributed by atoms with Gasteiger partial charge < -0.3 is 15.4 Å². The summed E-state index contributed by atoms with van der Waals surface area (Å²) < 4.78 is 5.71. The summed E-state index contributed by atoms with van der Waals surface area (Å²) in [6.07, 6.45) is 3.87. The predicted octanol–water partition coefficient (Wildman–Crippen LogP) is 1.37. The Morgan fingerprint density at radius 2 is 2.29 bits per heavy atom. The van der Waals surface area contributed by atoms with Gasteiger partial charge >= 0.3 is 0 Å². The zero-order chi connectivity index (χ0) is 12.3. The van der Waals surface area contributed by atoms with Gasteiger partial charge in [0.1, 0.15) is 5.82 Å². The lowest BCUT2D eigenvalue weighted by Crippen LogP contribution is -2.33. The normalized spacial score (nSPS) is 20.2. The summed E-state index contributed by atoms with van der Waals surface area (Å²) in [7, 11) is 2.01. The molecule has 0 radical (unpaired) electrons. The number of aryl methyl sites for hydroxylation is 1. The van der Waals surface area contributed by atoms with E-state index in [-0.39, 0.29) is 0 Å². The van der Waals surface area contributed by atoms with Crippen LogP contribution in [0.5, 0.6) is 0 Å². The molecule has 1 saturated heterocycles. The van der Waals surface area contributed by atoms with Crippen LogP contribution >= 0.6 is 0 Å². The molecule has 0 saturated carbocycles. The van der Waals surface area contributed by atoms with E-state index in [1.54, 1.807) is 0 Å². The topological polar surface area (TPSA) is 64.3 Å². The number of nitrogens with zero attached hydrogens (tertiary/aromatic N) is 3. The van der Waals surface area contributed by atoms with E-state index in [4.69, 9.17) is 10.5 Å². The van der Waals surface area contributed by atoms with Crippen LogP contribution in [0.25, 0.3) is 0 Å². The third-order valence-electron chi connectivity index (χ3n) is 3.00. The molecular weight excluding hydrogens is 216 g/mol. The highest BCUT2D eigenvalue weighted by atomic mass is 16.5. The highest BCUT2D eigenvalue weighted by Crippen LogP contribution is 2.17. The van der Waals surface area contributed by atoms with Gasteiger partial charge in [-0.1, -0.05) is 0 Å². The van der Waals surface area contributed by atoms with Crippen LogP contribution in [-0.2, 0) is 4.74 Å². The Labute approximate surface area is 102 Å². The van der Waals surface area contributed by atoms with Crippen LogP contribution in [0, 0.1) is 6.92 Å². The van der Waals surface area contributed by atoms with E-state index in [1.165, 1.54) is 12.8 Å². The van der Waals surface area contributed by atoms with Crippen molar-refractivity contribution in [2.75, 3.05) is 30.8 Å². The van der Waals surface area contributed by atoms with E-state index < -0.39 is 0 Å². The van der Waals surface area contributed by atoms with Crippen LogP contribution in [0.3, 0.4) is 0 Å². The van der Waals surface area contributed by atoms with Gasteiger partial charge in [0.05, 0.1) is 6.10 Å². The van der Waals surface area contributed by atoms with Crippen molar-refractivity contribution in [2.24, 2.45) is 0 Å². The first-order valence-electron chi connectivity index (χ1n) is 6.09. The molecule has 17 heavy (non-hydrogen) atoms. The molecule has 0 aromatic carbocycles. The van der Waals surface area contributed by atoms with Crippen molar-refractivity contribution < 1.29 is 4.74 Å². The number of hydrogen-bond donors (Lipinski definition) is 1. The monoisotopic (exact) mass is 236 g/mol. The van der Waals surface area contributed by atoms with Gasteiger partial charge in [-0.3, -0.25) is 0 Å². The van der Waals surface area contributed by atoms with Crippen LogP contribution in [0.15, 0.2) is 6.07 Å². The molecule has 0 bridgehead atoms. The number of ether oxygens (including phenoxy) is 1. The summed E-state index contributed by atoms with van der Waals surface area (Å²) in [6, 6.07) is 1.94. The fourth-order valence-electron chi connectivity index (χ4n) is 2.12. The number of anilines is 2. The minimum absolute atomic E-state index is 0.310. The number of hydrogen-bond acceptors (Lipinski definition) is 5. The minimum atomic E-state index is 0.310. The molecule has 0 aliphatic carbocycles. The van der Waals surface area contributed by atoms with Crippen LogP contribution in [0.2, 0.25) is 0 Å². The highest BCUT2D eigenvalue weighted by molar-refractivity contribution is 5.42. The van der Waals surface area contributed by atoms with Crippen molar-refractivity contribution in [1.29, 1.82) is 0 Å². The molecule has 1 atom stereocenters. The zero-order valence-corrected chi connectivity index (χ0v) is 10.5. The molecule has 1 aliphatic heterocycles. The average molecular weight is 236 g/mol. The molecule has 1 fully saturated rings. The summed E-state index contributed by atoms with van der Waals surface area (Å²) in [5.74, 6) is 1.19. The van der Waals surface area contributed by atoms with Gasteiger partial charge in [0.15, 0.2) is 0 Å². The molecular formula is C12H20N4O. The number of likely N-dealkylation sites (N-methyl/N-ethyl adjacent to an activating group) is 1. The van der Waals surface area contributed by atoms with E-state index in [2.05, 4.69) is 14.9 Å². The number of nitrogen functional groups attached to an aromatic ring is 1. The van der Waals surface area contributed by atoms with Crippen LogP contribution in [-0.4, -0.2) is 36.3 Å². The maximum absolute atomic E-state index is 5.71. The van der Waals surface area contributed by atoms with Crippen molar-refractivity contribution in [3.63, 3.8) is 0 Å². The second kappa shape index (κ2) is 5.31. The molecule has 1 aromatic heterocycles. The Morgan fingerprint density at radius 1 is 1.47 bits per heavy atom. The smallest absolute Gasteiger partial charge is 0.222 e. The Balaban J connectivity index is 2.00. The SMILES string of the molecule is Cc1cc(N(C)CC2CCCCO2)nc(N)n1. The van der Waals surface area contributed by atoms with Crippen molar-refractivity contribution >= 4 is 11.8 Å². The third-order valence-corrected chi connectivity index (χ3v) is 3.00. The highest BCUT2D eigenvalue weighted by Gasteiger charge is 2.17. The Kier molecular flexibility index (Phi) is 3.78. The maximum Gasteiger partial charge on any atom is 0.222 e. The summed E-state index contributed by atoms with van der Waals surface area (Å²) in [6.45, 7) is 3.66. The molecule has 1 aromatic rings. The molecule has 5 heteroatoms. The van der Waals surface area contributed by atoms with Gasteiger partial charge in [0.2, 0.25) is 5.95 Å². The fourth-order valence-corrected chi connectivity index (χ4v) is 2.12. The summed E-state index contributed by atoms with van der Waals surface area (Å²) in [4.78, 5) is 10.4. The molecule has 0 spiro atoms. The lowest BCUT2D eigenvalue weighted by Gasteiger charge is -2.28. The lowest BCUT2D eigenvalue weighted by atomic mass is 10.1. The van der Waals surface area contributed by atoms with Crippen LogP contribution < -0.4 is 10.6 Å². The molecule has 1 unspecified atom stereocenters. The first-order chi connectivity index (χ1) is 8.15. The number of aromatic nitrogens is 2. The van der Waals surface area contributed by atoms with Crippen LogP contribution in [0.1, 0.15) is 25.0 Å². The van der Waals surface area contributed by atoms with E-state index in [0.29, 0.717) is 12.1 Å². The van der Waals surface area contributed by atoms with E-state index in [9.17, 15) is 0 Å². The first-order valence-corrected chi connectivity index (χ1v) is 6.09. The number of nitrogens with two attached hydrogens (primary N) is 1. The van der Waals surface area contributed by atoms with E-state index in [1.807, 2.05) is 20.0 Å². The number of rotatable bonds is 3. The second-order valence-corrected chi connectivity index (χ2v) is 4.59. The lowest BCUT2D eigenvalue weighted by molar-refractivity contribution is 0.0215. The summed E-state index contributed by atoms with van der Waals surface area (Å²) >= 11 is 0. The fraction of sp³-hybridized carbons (Fsp3) is 0.667. The van der Waals surface area contributed by atoms with E-state index in [0.717, 1.165) is 31.1 Å². The van der Waals surface area contributed by atoms with Gasteiger partial charge in [-0.25, -0.2) is 4.98 Å². The van der Waals surface area contributed by atoms with Gasteiger partial charge in [0.25, 0.3) is 0 Å². The van der Waals surface area contributed by atoms with Gasteiger partial charge in [-0.05, 0) is 26.2 Å². The van der Waals surface area contributed by atoms with Crippen LogP contribution in [0.4, 0.5) is 11.8 Å². The second-order valence-electron chi connectivity index (χ2n) is 4.59. The molecule has 2 N–H and O–H groups in total. The Hall–Kier alpha value is -1.36. The first kappa shape index (κ1) is 12.1. The maximum atomic E-state index is 5.71.